The first-order valence-corrected chi connectivity index (χ1v) is 6.60. The predicted octanol–water partition coefficient (Wildman–Crippen LogP) is 2.64. The number of hydrogen-bond acceptors (Lipinski definition) is 2. The Morgan fingerprint density at radius 3 is 2.71 bits per heavy atom. The van der Waals surface area contributed by atoms with Crippen molar-refractivity contribution in [3.63, 3.8) is 0 Å². The summed E-state index contributed by atoms with van der Waals surface area (Å²) in [6.07, 6.45) is 2.03. The molecule has 0 bridgehead atoms. The topological polar surface area (TPSA) is 23.5 Å². The van der Waals surface area contributed by atoms with Crippen molar-refractivity contribution in [3.8, 4) is 0 Å². The van der Waals surface area contributed by atoms with E-state index in [0.717, 1.165) is 26.1 Å². The van der Waals surface area contributed by atoms with Gasteiger partial charge in [-0.05, 0) is 37.8 Å². The quantitative estimate of drug-likeness (QED) is 0.864. The van der Waals surface area contributed by atoms with Crippen LogP contribution in [0, 0.1) is 0 Å². The van der Waals surface area contributed by atoms with E-state index in [1.807, 2.05) is 13.8 Å². The zero-order valence-electron chi connectivity index (χ0n) is 10.9. The van der Waals surface area contributed by atoms with Gasteiger partial charge in [-0.2, -0.15) is 0 Å². The molecular formula is C15H23NO. The highest BCUT2D eigenvalue weighted by Gasteiger charge is 2.28. The molecule has 1 fully saturated rings. The molecular weight excluding hydrogens is 210 g/mol. The van der Waals surface area contributed by atoms with Crippen molar-refractivity contribution in [3.05, 3.63) is 35.9 Å². The molecule has 0 saturated carbocycles. The maximum atomic E-state index is 10.1. The summed E-state index contributed by atoms with van der Waals surface area (Å²) in [5.41, 5.74) is 0.900. The largest absolute Gasteiger partial charge is 0.389 e. The average Bonchev–Trinajstić information content (AvgIpc) is 2.78. The second kappa shape index (κ2) is 5.19. The Labute approximate surface area is 104 Å². The van der Waals surface area contributed by atoms with E-state index < -0.39 is 5.60 Å². The Kier molecular flexibility index (Phi) is 3.85. The van der Waals surface area contributed by atoms with Crippen LogP contribution < -0.4 is 0 Å². The van der Waals surface area contributed by atoms with Gasteiger partial charge in [0.05, 0.1) is 5.60 Å². The van der Waals surface area contributed by atoms with Crippen molar-refractivity contribution in [2.75, 3.05) is 19.6 Å². The molecule has 2 atom stereocenters. The van der Waals surface area contributed by atoms with Crippen molar-refractivity contribution in [2.24, 2.45) is 0 Å². The summed E-state index contributed by atoms with van der Waals surface area (Å²) in [5, 5.41) is 10.1. The summed E-state index contributed by atoms with van der Waals surface area (Å²) in [5.74, 6) is 0.642. The zero-order valence-corrected chi connectivity index (χ0v) is 10.9. The normalized spacial score (nSPS) is 24.8. The SMILES string of the molecule is CCC(C)(O)CN1CCC(c2ccccc2)C1. The maximum absolute atomic E-state index is 10.1. The number of likely N-dealkylation sites (tertiary alicyclic amines) is 1. The summed E-state index contributed by atoms with van der Waals surface area (Å²) in [4.78, 5) is 2.39. The van der Waals surface area contributed by atoms with Crippen LogP contribution in [0.3, 0.4) is 0 Å². The molecule has 1 aliphatic rings. The van der Waals surface area contributed by atoms with Gasteiger partial charge in [0.1, 0.15) is 0 Å². The summed E-state index contributed by atoms with van der Waals surface area (Å²) < 4.78 is 0. The number of aliphatic hydroxyl groups is 1. The Hall–Kier alpha value is -0.860. The van der Waals surface area contributed by atoms with E-state index in [1.165, 1.54) is 12.0 Å². The van der Waals surface area contributed by atoms with Crippen LogP contribution >= 0.6 is 0 Å². The Bertz CT molecular complexity index is 347. The van der Waals surface area contributed by atoms with E-state index >= 15 is 0 Å². The molecule has 0 aromatic heterocycles. The minimum atomic E-state index is -0.536. The Balaban J connectivity index is 1.92. The fourth-order valence-electron chi connectivity index (χ4n) is 2.57. The monoisotopic (exact) mass is 233 g/mol. The number of hydrogen-bond donors (Lipinski definition) is 1. The summed E-state index contributed by atoms with van der Waals surface area (Å²) in [6, 6.07) is 10.7. The van der Waals surface area contributed by atoms with Crippen molar-refractivity contribution >= 4 is 0 Å². The first kappa shape index (κ1) is 12.6. The smallest absolute Gasteiger partial charge is 0.0743 e. The molecule has 0 spiro atoms. The van der Waals surface area contributed by atoms with Crippen LogP contribution in [-0.2, 0) is 0 Å². The van der Waals surface area contributed by atoms with Gasteiger partial charge in [-0.3, -0.25) is 4.90 Å². The third kappa shape index (κ3) is 3.30. The third-order valence-corrected chi connectivity index (χ3v) is 3.87. The molecule has 1 heterocycles. The highest BCUT2D eigenvalue weighted by molar-refractivity contribution is 5.21. The molecule has 1 aliphatic heterocycles. The van der Waals surface area contributed by atoms with E-state index in [1.54, 1.807) is 0 Å². The van der Waals surface area contributed by atoms with Gasteiger partial charge in [-0.1, -0.05) is 37.3 Å². The van der Waals surface area contributed by atoms with Crippen molar-refractivity contribution in [1.29, 1.82) is 0 Å². The number of nitrogens with zero attached hydrogens (tertiary/aromatic N) is 1. The first-order valence-electron chi connectivity index (χ1n) is 6.60. The van der Waals surface area contributed by atoms with Crippen molar-refractivity contribution < 1.29 is 5.11 Å². The fraction of sp³-hybridized carbons (Fsp3) is 0.600. The van der Waals surface area contributed by atoms with Crippen LogP contribution in [0.4, 0.5) is 0 Å². The lowest BCUT2D eigenvalue weighted by molar-refractivity contribution is 0.0227. The minimum Gasteiger partial charge on any atom is -0.389 e. The van der Waals surface area contributed by atoms with Crippen LogP contribution in [0.2, 0.25) is 0 Å². The van der Waals surface area contributed by atoms with E-state index in [-0.39, 0.29) is 0 Å². The average molecular weight is 233 g/mol. The molecule has 2 unspecified atom stereocenters. The number of β-amino-alcohol motifs (C(OH)–C–C–N with tert-alkyl or cyclic N) is 1. The van der Waals surface area contributed by atoms with Crippen LogP contribution in [0.5, 0.6) is 0 Å². The van der Waals surface area contributed by atoms with Gasteiger partial charge in [0.25, 0.3) is 0 Å². The molecule has 2 heteroatoms. The molecule has 94 valence electrons. The molecule has 17 heavy (non-hydrogen) atoms. The molecule has 1 aromatic carbocycles. The van der Waals surface area contributed by atoms with Gasteiger partial charge in [0.2, 0.25) is 0 Å². The lowest BCUT2D eigenvalue weighted by Crippen LogP contribution is -2.39. The van der Waals surface area contributed by atoms with E-state index in [2.05, 4.69) is 35.2 Å². The predicted molar refractivity (Wildman–Crippen MR) is 71.2 cm³/mol. The molecule has 0 aliphatic carbocycles. The minimum absolute atomic E-state index is 0.536. The van der Waals surface area contributed by atoms with Crippen molar-refractivity contribution in [2.45, 2.75) is 38.2 Å². The van der Waals surface area contributed by atoms with Crippen LogP contribution in [0.25, 0.3) is 0 Å². The molecule has 2 nitrogen and oxygen atoms in total. The van der Waals surface area contributed by atoms with Gasteiger partial charge in [-0.15, -0.1) is 0 Å². The van der Waals surface area contributed by atoms with Gasteiger partial charge in [0.15, 0.2) is 0 Å². The number of benzene rings is 1. The lowest BCUT2D eigenvalue weighted by Gasteiger charge is -2.27. The van der Waals surface area contributed by atoms with Gasteiger partial charge < -0.3 is 5.11 Å². The fourth-order valence-corrected chi connectivity index (χ4v) is 2.57. The zero-order chi connectivity index (χ0) is 12.3. The standard InChI is InChI=1S/C15H23NO/c1-3-15(2,17)12-16-10-9-14(11-16)13-7-5-4-6-8-13/h4-8,14,17H,3,9-12H2,1-2H3. The molecule has 0 amide bonds. The summed E-state index contributed by atoms with van der Waals surface area (Å²) in [6.45, 7) is 6.97. The maximum Gasteiger partial charge on any atom is 0.0743 e. The number of rotatable bonds is 4. The van der Waals surface area contributed by atoms with Gasteiger partial charge >= 0.3 is 0 Å². The highest BCUT2D eigenvalue weighted by atomic mass is 16.3. The molecule has 1 aromatic rings. The van der Waals surface area contributed by atoms with E-state index in [0.29, 0.717) is 5.92 Å². The molecule has 2 rings (SSSR count). The van der Waals surface area contributed by atoms with Crippen LogP contribution in [0.1, 0.15) is 38.2 Å². The second-order valence-corrected chi connectivity index (χ2v) is 5.48. The molecule has 1 saturated heterocycles. The van der Waals surface area contributed by atoms with Crippen LogP contribution in [-0.4, -0.2) is 35.2 Å². The van der Waals surface area contributed by atoms with Gasteiger partial charge in [0, 0.05) is 13.1 Å². The molecule has 1 N–H and O–H groups in total. The summed E-state index contributed by atoms with van der Waals surface area (Å²) >= 11 is 0. The van der Waals surface area contributed by atoms with E-state index in [9.17, 15) is 5.11 Å². The Morgan fingerprint density at radius 2 is 2.06 bits per heavy atom. The van der Waals surface area contributed by atoms with Gasteiger partial charge in [-0.25, -0.2) is 0 Å². The Morgan fingerprint density at radius 1 is 1.35 bits per heavy atom. The van der Waals surface area contributed by atoms with E-state index in [4.69, 9.17) is 0 Å². The highest BCUT2D eigenvalue weighted by Crippen LogP contribution is 2.28. The third-order valence-electron chi connectivity index (χ3n) is 3.87. The summed E-state index contributed by atoms with van der Waals surface area (Å²) in [7, 11) is 0. The second-order valence-electron chi connectivity index (χ2n) is 5.48. The lowest BCUT2D eigenvalue weighted by atomic mass is 9.98. The molecule has 0 radical (unpaired) electrons. The first-order chi connectivity index (χ1) is 8.11. The van der Waals surface area contributed by atoms with Crippen molar-refractivity contribution in [1.82, 2.24) is 4.90 Å². The van der Waals surface area contributed by atoms with Crippen LogP contribution in [0.15, 0.2) is 30.3 Å².